The lowest BCUT2D eigenvalue weighted by Gasteiger charge is -2.27. The molecule has 0 bridgehead atoms. The standard InChI is InChI=1S/C16H15IN2O4/c17-8-2-4-9-3-1-5-10-13(9)16(23)19(15(10)22)11-6-7-12(20)18-14(11)21/h1,3,5,11H,2,4,6-8H2,(H,18,20,21). The highest BCUT2D eigenvalue weighted by molar-refractivity contribution is 14.1. The zero-order valence-corrected chi connectivity index (χ0v) is 14.5. The fourth-order valence-electron chi connectivity index (χ4n) is 3.05. The third kappa shape index (κ3) is 2.77. The Bertz CT molecular complexity index is 716. The van der Waals surface area contributed by atoms with Gasteiger partial charge in [-0.15, -0.1) is 0 Å². The number of halogens is 1. The Labute approximate surface area is 146 Å². The normalized spacial score (nSPS) is 20.7. The molecule has 0 aliphatic carbocycles. The van der Waals surface area contributed by atoms with Crippen molar-refractivity contribution in [3.63, 3.8) is 0 Å². The number of fused-ring (bicyclic) bond motifs is 1. The second-order valence-corrected chi connectivity index (χ2v) is 6.66. The predicted molar refractivity (Wildman–Crippen MR) is 90.3 cm³/mol. The summed E-state index contributed by atoms with van der Waals surface area (Å²) < 4.78 is 0.959. The maximum absolute atomic E-state index is 12.8. The van der Waals surface area contributed by atoms with Gasteiger partial charge in [0.2, 0.25) is 11.8 Å². The second kappa shape index (κ2) is 6.38. The highest BCUT2D eigenvalue weighted by Crippen LogP contribution is 2.30. The monoisotopic (exact) mass is 426 g/mol. The summed E-state index contributed by atoms with van der Waals surface area (Å²) >= 11 is 2.27. The van der Waals surface area contributed by atoms with E-state index in [1.54, 1.807) is 12.1 Å². The lowest BCUT2D eigenvalue weighted by molar-refractivity contribution is -0.136. The molecule has 1 aromatic rings. The number of hydrogen-bond donors (Lipinski definition) is 1. The molecule has 6 nitrogen and oxygen atoms in total. The average Bonchev–Trinajstić information content (AvgIpc) is 2.78. The Hall–Kier alpha value is -1.77. The zero-order chi connectivity index (χ0) is 16.6. The molecule has 0 spiro atoms. The molecule has 1 fully saturated rings. The number of piperidine rings is 1. The van der Waals surface area contributed by atoms with Crippen molar-refractivity contribution in [2.45, 2.75) is 31.7 Å². The van der Waals surface area contributed by atoms with E-state index in [9.17, 15) is 19.2 Å². The predicted octanol–water partition coefficient (Wildman–Crippen LogP) is 1.46. The van der Waals surface area contributed by atoms with E-state index in [1.807, 2.05) is 6.07 Å². The van der Waals surface area contributed by atoms with Gasteiger partial charge in [-0.25, -0.2) is 0 Å². The third-order valence-electron chi connectivity index (χ3n) is 4.13. The van der Waals surface area contributed by atoms with Crippen LogP contribution < -0.4 is 5.32 Å². The molecule has 4 amide bonds. The smallest absolute Gasteiger partial charge is 0.262 e. The van der Waals surface area contributed by atoms with Gasteiger partial charge in [0.1, 0.15) is 6.04 Å². The van der Waals surface area contributed by atoms with E-state index in [0.717, 1.165) is 21.3 Å². The minimum atomic E-state index is -0.905. The Kier molecular flexibility index (Phi) is 4.47. The summed E-state index contributed by atoms with van der Waals surface area (Å²) in [5.74, 6) is -1.82. The Balaban J connectivity index is 1.94. The van der Waals surface area contributed by atoms with Crippen LogP contribution in [0.25, 0.3) is 0 Å². The third-order valence-corrected chi connectivity index (χ3v) is 4.90. The highest BCUT2D eigenvalue weighted by atomic mass is 127. The van der Waals surface area contributed by atoms with Crippen molar-refractivity contribution in [3.05, 3.63) is 34.9 Å². The van der Waals surface area contributed by atoms with Crippen LogP contribution in [0.4, 0.5) is 0 Å². The van der Waals surface area contributed by atoms with Gasteiger partial charge in [-0.2, -0.15) is 0 Å². The Morgan fingerprint density at radius 1 is 1.17 bits per heavy atom. The van der Waals surface area contributed by atoms with E-state index in [0.29, 0.717) is 17.5 Å². The molecular weight excluding hydrogens is 411 g/mol. The van der Waals surface area contributed by atoms with Gasteiger partial charge in [-0.1, -0.05) is 34.7 Å². The minimum absolute atomic E-state index is 0.130. The molecule has 1 N–H and O–H groups in total. The summed E-state index contributed by atoms with van der Waals surface area (Å²) in [5, 5.41) is 2.20. The van der Waals surface area contributed by atoms with Crippen LogP contribution in [0.1, 0.15) is 45.5 Å². The molecule has 0 radical (unpaired) electrons. The molecule has 0 aromatic heterocycles. The number of carbonyl (C=O) groups is 4. The second-order valence-electron chi connectivity index (χ2n) is 5.58. The van der Waals surface area contributed by atoms with Crippen LogP contribution >= 0.6 is 22.6 Å². The number of hydrogen-bond acceptors (Lipinski definition) is 4. The minimum Gasteiger partial charge on any atom is -0.295 e. The van der Waals surface area contributed by atoms with Crippen molar-refractivity contribution in [2.75, 3.05) is 4.43 Å². The van der Waals surface area contributed by atoms with Gasteiger partial charge in [0, 0.05) is 6.42 Å². The number of rotatable bonds is 4. The molecule has 1 unspecified atom stereocenters. The number of alkyl halides is 1. The summed E-state index contributed by atoms with van der Waals surface area (Å²) in [4.78, 5) is 49.6. The first-order chi connectivity index (χ1) is 11.0. The van der Waals surface area contributed by atoms with Crippen LogP contribution in [0.2, 0.25) is 0 Å². The molecule has 7 heteroatoms. The van der Waals surface area contributed by atoms with Gasteiger partial charge < -0.3 is 0 Å². The van der Waals surface area contributed by atoms with Crippen molar-refractivity contribution in [1.82, 2.24) is 10.2 Å². The first-order valence-corrected chi connectivity index (χ1v) is 8.96. The lowest BCUT2D eigenvalue weighted by Crippen LogP contribution is -2.54. The van der Waals surface area contributed by atoms with Crippen LogP contribution in [-0.4, -0.2) is 39.0 Å². The van der Waals surface area contributed by atoms with Crippen molar-refractivity contribution < 1.29 is 19.2 Å². The molecule has 1 atom stereocenters. The Morgan fingerprint density at radius 2 is 1.96 bits per heavy atom. The number of amides is 4. The fourth-order valence-corrected chi connectivity index (χ4v) is 3.43. The van der Waals surface area contributed by atoms with Crippen molar-refractivity contribution >= 4 is 46.2 Å². The summed E-state index contributed by atoms with van der Waals surface area (Å²) in [6.45, 7) is 0. The van der Waals surface area contributed by atoms with E-state index in [4.69, 9.17) is 0 Å². The molecule has 1 aromatic carbocycles. The van der Waals surface area contributed by atoms with E-state index < -0.39 is 23.8 Å². The molecule has 1 saturated heterocycles. The largest absolute Gasteiger partial charge is 0.295 e. The first-order valence-electron chi connectivity index (χ1n) is 7.44. The first kappa shape index (κ1) is 16.1. The molecule has 23 heavy (non-hydrogen) atoms. The van der Waals surface area contributed by atoms with E-state index in [-0.39, 0.29) is 18.7 Å². The van der Waals surface area contributed by atoms with Crippen LogP contribution in [0.15, 0.2) is 18.2 Å². The van der Waals surface area contributed by atoms with Crippen molar-refractivity contribution in [3.8, 4) is 0 Å². The number of benzene rings is 1. The zero-order valence-electron chi connectivity index (χ0n) is 12.3. The van der Waals surface area contributed by atoms with E-state index >= 15 is 0 Å². The summed E-state index contributed by atoms with van der Waals surface area (Å²) in [6.07, 6.45) is 1.94. The van der Waals surface area contributed by atoms with Gasteiger partial charge in [0.25, 0.3) is 11.8 Å². The van der Waals surface area contributed by atoms with Crippen LogP contribution in [0, 0.1) is 0 Å². The highest BCUT2D eigenvalue weighted by Gasteiger charge is 2.45. The quantitative estimate of drug-likeness (QED) is 0.449. The van der Waals surface area contributed by atoms with Gasteiger partial charge in [-0.3, -0.25) is 29.4 Å². The van der Waals surface area contributed by atoms with Crippen molar-refractivity contribution in [2.24, 2.45) is 0 Å². The summed E-state index contributed by atoms with van der Waals surface area (Å²) in [5.41, 5.74) is 1.60. The average molecular weight is 426 g/mol. The number of carbonyl (C=O) groups excluding carboxylic acids is 4. The molecule has 2 aliphatic heterocycles. The number of nitrogens with one attached hydrogen (secondary N) is 1. The van der Waals surface area contributed by atoms with Crippen LogP contribution in [-0.2, 0) is 16.0 Å². The van der Waals surface area contributed by atoms with E-state index in [1.165, 1.54) is 0 Å². The maximum atomic E-state index is 12.8. The molecule has 0 saturated carbocycles. The van der Waals surface area contributed by atoms with Crippen LogP contribution in [0.5, 0.6) is 0 Å². The van der Waals surface area contributed by atoms with Crippen LogP contribution in [0.3, 0.4) is 0 Å². The van der Waals surface area contributed by atoms with Gasteiger partial charge in [0.15, 0.2) is 0 Å². The Morgan fingerprint density at radius 3 is 2.65 bits per heavy atom. The SMILES string of the molecule is O=C1CCC(N2C(=O)c3cccc(CCCI)c3C2=O)C(=O)N1. The number of imide groups is 2. The number of nitrogens with zero attached hydrogens (tertiary/aromatic N) is 1. The molecule has 3 rings (SSSR count). The summed E-state index contributed by atoms with van der Waals surface area (Å²) in [7, 11) is 0. The molecule has 2 heterocycles. The maximum Gasteiger partial charge on any atom is 0.262 e. The lowest BCUT2D eigenvalue weighted by atomic mass is 9.99. The van der Waals surface area contributed by atoms with Gasteiger partial charge >= 0.3 is 0 Å². The van der Waals surface area contributed by atoms with Gasteiger partial charge in [0.05, 0.1) is 11.1 Å². The number of aryl methyl sites for hydroxylation is 1. The molecule has 2 aliphatic rings. The van der Waals surface area contributed by atoms with Crippen molar-refractivity contribution in [1.29, 1.82) is 0 Å². The van der Waals surface area contributed by atoms with Gasteiger partial charge in [-0.05, 0) is 35.3 Å². The fraction of sp³-hybridized carbons (Fsp3) is 0.375. The summed E-state index contributed by atoms with van der Waals surface area (Å²) in [6, 6.07) is 4.33. The topological polar surface area (TPSA) is 83.6 Å². The molecule has 120 valence electrons. The molecular formula is C16H15IN2O4. The van der Waals surface area contributed by atoms with E-state index in [2.05, 4.69) is 27.9 Å².